The van der Waals surface area contributed by atoms with Crippen molar-refractivity contribution in [2.45, 2.75) is 24.3 Å². The van der Waals surface area contributed by atoms with Crippen molar-refractivity contribution in [1.29, 1.82) is 0 Å². The van der Waals surface area contributed by atoms with Gasteiger partial charge in [-0.15, -0.1) is 0 Å². The van der Waals surface area contributed by atoms with Crippen LogP contribution in [-0.4, -0.2) is 65.0 Å². The first-order valence-corrected chi connectivity index (χ1v) is 11.8. The van der Waals surface area contributed by atoms with Crippen LogP contribution < -0.4 is 14.2 Å². The van der Waals surface area contributed by atoms with Crippen LogP contribution in [0.1, 0.15) is 18.4 Å². The standard InChI is InChI=1S/C23H30N2O6S/c1-24(15-17-13-20(29-2)22(31-4)21(14-17)30-3)23(26)18-9-8-12-25(16-18)32(27,28)19-10-6-5-7-11-19/h5-7,10-11,13-14,18H,8-9,12,15-16H2,1-4H3/t18-/m0/s1. The molecule has 174 valence electrons. The third-order valence-electron chi connectivity index (χ3n) is 5.63. The Hall–Kier alpha value is -2.78. The third-order valence-corrected chi connectivity index (χ3v) is 7.51. The number of carbonyl (C=O) groups excluding carboxylic acids is 1. The smallest absolute Gasteiger partial charge is 0.243 e. The maximum absolute atomic E-state index is 13.2. The molecule has 32 heavy (non-hydrogen) atoms. The van der Waals surface area contributed by atoms with Gasteiger partial charge in [0.25, 0.3) is 0 Å². The van der Waals surface area contributed by atoms with Gasteiger partial charge < -0.3 is 19.1 Å². The Balaban J connectivity index is 1.73. The molecule has 0 unspecified atom stereocenters. The maximum Gasteiger partial charge on any atom is 0.243 e. The molecule has 0 bridgehead atoms. The maximum atomic E-state index is 13.2. The van der Waals surface area contributed by atoms with Gasteiger partial charge in [0.1, 0.15) is 0 Å². The van der Waals surface area contributed by atoms with Crippen LogP contribution in [0, 0.1) is 5.92 Å². The lowest BCUT2D eigenvalue weighted by Crippen LogP contribution is -2.45. The number of nitrogens with zero attached hydrogens (tertiary/aromatic N) is 2. The lowest BCUT2D eigenvalue weighted by atomic mass is 9.98. The summed E-state index contributed by atoms with van der Waals surface area (Å²) in [5.74, 6) is 1.03. The molecule has 0 aliphatic carbocycles. The Morgan fingerprint density at radius 3 is 2.25 bits per heavy atom. The van der Waals surface area contributed by atoms with E-state index in [4.69, 9.17) is 14.2 Å². The molecule has 0 spiro atoms. The van der Waals surface area contributed by atoms with Crippen LogP contribution in [-0.2, 0) is 21.4 Å². The van der Waals surface area contributed by atoms with Crippen molar-refractivity contribution in [1.82, 2.24) is 9.21 Å². The number of methoxy groups -OCH3 is 3. The van der Waals surface area contributed by atoms with Gasteiger partial charge in [-0.3, -0.25) is 4.79 Å². The number of amides is 1. The Morgan fingerprint density at radius 1 is 1.06 bits per heavy atom. The van der Waals surface area contributed by atoms with Gasteiger partial charge in [0, 0.05) is 26.7 Å². The van der Waals surface area contributed by atoms with Gasteiger partial charge in [0.2, 0.25) is 21.7 Å². The van der Waals surface area contributed by atoms with Gasteiger partial charge in [-0.2, -0.15) is 4.31 Å². The summed E-state index contributed by atoms with van der Waals surface area (Å²) < 4.78 is 43.5. The summed E-state index contributed by atoms with van der Waals surface area (Å²) in [6.07, 6.45) is 1.29. The molecule has 0 N–H and O–H groups in total. The number of hydrogen-bond acceptors (Lipinski definition) is 6. The van der Waals surface area contributed by atoms with E-state index in [2.05, 4.69) is 0 Å². The summed E-state index contributed by atoms with van der Waals surface area (Å²) in [6.45, 7) is 0.921. The highest BCUT2D eigenvalue weighted by atomic mass is 32.2. The predicted octanol–water partition coefficient (Wildman–Crippen LogP) is 2.77. The lowest BCUT2D eigenvalue weighted by Gasteiger charge is -2.33. The second-order valence-corrected chi connectivity index (χ2v) is 9.68. The second kappa shape index (κ2) is 10.2. The number of benzene rings is 2. The number of carbonyl (C=O) groups is 1. The van der Waals surface area contributed by atoms with Crippen molar-refractivity contribution in [3.05, 3.63) is 48.0 Å². The molecule has 1 aliphatic rings. The van der Waals surface area contributed by atoms with Crippen LogP contribution in [0.3, 0.4) is 0 Å². The Kier molecular flexibility index (Phi) is 7.63. The third kappa shape index (κ3) is 4.99. The molecule has 1 aliphatic heterocycles. The van der Waals surface area contributed by atoms with E-state index in [-0.39, 0.29) is 17.3 Å². The van der Waals surface area contributed by atoms with Crippen molar-refractivity contribution in [3.63, 3.8) is 0 Å². The fourth-order valence-corrected chi connectivity index (χ4v) is 5.54. The van der Waals surface area contributed by atoms with E-state index in [1.54, 1.807) is 68.6 Å². The van der Waals surface area contributed by atoms with Crippen molar-refractivity contribution in [2.75, 3.05) is 41.5 Å². The van der Waals surface area contributed by atoms with E-state index in [0.717, 1.165) is 5.56 Å². The molecule has 9 heteroatoms. The molecule has 1 heterocycles. The van der Waals surface area contributed by atoms with Crippen molar-refractivity contribution in [2.24, 2.45) is 5.92 Å². The molecule has 3 rings (SSSR count). The normalized spacial score (nSPS) is 16.9. The summed E-state index contributed by atoms with van der Waals surface area (Å²) in [5.41, 5.74) is 0.819. The number of ether oxygens (including phenoxy) is 3. The van der Waals surface area contributed by atoms with Gasteiger partial charge in [0.15, 0.2) is 11.5 Å². The van der Waals surface area contributed by atoms with Gasteiger partial charge in [-0.05, 0) is 42.7 Å². The first-order valence-electron chi connectivity index (χ1n) is 10.4. The zero-order chi connectivity index (χ0) is 23.3. The molecule has 0 aromatic heterocycles. The van der Waals surface area contributed by atoms with Crippen molar-refractivity contribution < 1.29 is 27.4 Å². The summed E-state index contributed by atoms with van der Waals surface area (Å²) in [5, 5.41) is 0. The Bertz CT molecular complexity index is 1020. The van der Waals surface area contributed by atoms with Gasteiger partial charge in [-0.25, -0.2) is 8.42 Å². The fourth-order valence-electron chi connectivity index (χ4n) is 3.99. The number of rotatable bonds is 8. The fraction of sp³-hybridized carbons (Fsp3) is 0.435. The number of hydrogen-bond donors (Lipinski definition) is 0. The number of piperidine rings is 1. The first kappa shape index (κ1) is 23.9. The minimum absolute atomic E-state index is 0.0910. The molecule has 1 fully saturated rings. The highest BCUT2D eigenvalue weighted by Gasteiger charge is 2.34. The molecule has 8 nitrogen and oxygen atoms in total. The lowest BCUT2D eigenvalue weighted by molar-refractivity contribution is -0.135. The average molecular weight is 463 g/mol. The predicted molar refractivity (Wildman–Crippen MR) is 120 cm³/mol. The molecule has 0 saturated carbocycles. The highest BCUT2D eigenvalue weighted by Crippen LogP contribution is 2.38. The van der Waals surface area contributed by atoms with Crippen molar-refractivity contribution >= 4 is 15.9 Å². The van der Waals surface area contributed by atoms with Crippen LogP contribution in [0.15, 0.2) is 47.4 Å². The van der Waals surface area contributed by atoms with Gasteiger partial charge >= 0.3 is 0 Å². The van der Waals surface area contributed by atoms with E-state index >= 15 is 0 Å². The van der Waals surface area contributed by atoms with Crippen LogP contribution >= 0.6 is 0 Å². The number of sulfonamides is 1. The van der Waals surface area contributed by atoms with Crippen molar-refractivity contribution in [3.8, 4) is 17.2 Å². The SMILES string of the molecule is COc1cc(CN(C)C(=O)[C@H]2CCCN(S(=O)(=O)c3ccccc3)C2)cc(OC)c1OC. The van der Waals surface area contributed by atoms with Crippen LogP contribution in [0.5, 0.6) is 17.2 Å². The average Bonchev–Trinajstić information content (AvgIpc) is 2.83. The molecule has 1 amide bonds. The summed E-state index contributed by atoms with van der Waals surface area (Å²) in [4.78, 5) is 15.0. The molecule has 2 aromatic carbocycles. The molecule has 2 aromatic rings. The molecular weight excluding hydrogens is 432 g/mol. The minimum atomic E-state index is -3.62. The quantitative estimate of drug-likeness (QED) is 0.600. The zero-order valence-electron chi connectivity index (χ0n) is 18.9. The van der Waals surface area contributed by atoms with E-state index in [0.29, 0.717) is 43.2 Å². The van der Waals surface area contributed by atoms with Crippen LogP contribution in [0.2, 0.25) is 0 Å². The van der Waals surface area contributed by atoms with Gasteiger partial charge in [0.05, 0.1) is 32.1 Å². The monoisotopic (exact) mass is 462 g/mol. The Morgan fingerprint density at radius 2 is 1.69 bits per heavy atom. The van der Waals surface area contributed by atoms with Crippen LogP contribution in [0.4, 0.5) is 0 Å². The first-order chi connectivity index (χ1) is 15.3. The Labute approximate surface area is 189 Å². The summed E-state index contributed by atoms with van der Waals surface area (Å²) in [7, 11) is 2.71. The zero-order valence-corrected chi connectivity index (χ0v) is 19.7. The summed E-state index contributed by atoms with van der Waals surface area (Å²) in [6, 6.07) is 11.9. The van der Waals surface area contributed by atoms with E-state index < -0.39 is 15.9 Å². The topological polar surface area (TPSA) is 85.4 Å². The molecule has 1 atom stereocenters. The van der Waals surface area contributed by atoms with Gasteiger partial charge in [-0.1, -0.05) is 18.2 Å². The van der Waals surface area contributed by atoms with Crippen LogP contribution in [0.25, 0.3) is 0 Å². The second-order valence-electron chi connectivity index (χ2n) is 7.74. The van der Waals surface area contributed by atoms with E-state index in [9.17, 15) is 13.2 Å². The highest BCUT2D eigenvalue weighted by molar-refractivity contribution is 7.89. The van der Waals surface area contributed by atoms with E-state index in [1.807, 2.05) is 0 Å². The molecule has 1 saturated heterocycles. The minimum Gasteiger partial charge on any atom is -0.493 e. The summed E-state index contributed by atoms with van der Waals surface area (Å²) >= 11 is 0. The van der Waals surface area contributed by atoms with E-state index in [1.165, 1.54) is 11.4 Å². The largest absolute Gasteiger partial charge is 0.493 e. The molecular formula is C23H30N2O6S. The molecule has 0 radical (unpaired) electrons.